The Labute approximate surface area is 83.4 Å². The van der Waals surface area contributed by atoms with Gasteiger partial charge in [-0.1, -0.05) is 6.08 Å². The molecule has 0 aliphatic carbocycles. The quantitative estimate of drug-likeness (QED) is 0.622. The van der Waals surface area contributed by atoms with Gasteiger partial charge in [-0.15, -0.1) is 0 Å². The van der Waals surface area contributed by atoms with Crippen LogP contribution in [-0.2, 0) is 0 Å². The van der Waals surface area contributed by atoms with Crippen LogP contribution in [0.3, 0.4) is 0 Å². The van der Waals surface area contributed by atoms with E-state index in [2.05, 4.69) is 6.07 Å². The molecule has 0 aromatic heterocycles. The molecule has 0 saturated heterocycles. The van der Waals surface area contributed by atoms with E-state index < -0.39 is 0 Å². The van der Waals surface area contributed by atoms with Crippen molar-refractivity contribution in [1.29, 1.82) is 5.26 Å². The molecule has 1 aliphatic heterocycles. The fourth-order valence-corrected chi connectivity index (χ4v) is 1.45. The largest absolute Gasteiger partial charge is 0.483 e. The Morgan fingerprint density at radius 1 is 1.36 bits per heavy atom. The Bertz CT molecular complexity index is 438. The first-order valence-electron chi connectivity index (χ1n) is 4.53. The smallest absolute Gasteiger partial charge is 0.127 e. The van der Waals surface area contributed by atoms with Gasteiger partial charge in [0.05, 0.1) is 11.6 Å². The minimum atomic E-state index is -0.249. The van der Waals surface area contributed by atoms with Crippen molar-refractivity contribution in [2.24, 2.45) is 0 Å². The van der Waals surface area contributed by atoms with Gasteiger partial charge in [0.1, 0.15) is 11.4 Å². The highest BCUT2D eigenvalue weighted by molar-refractivity contribution is 5.62. The first kappa shape index (κ1) is 8.83. The lowest BCUT2D eigenvalue weighted by Gasteiger charge is -2.27. The topological polar surface area (TPSA) is 33.0 Å². The van der Waals surface area contributed by atoms with E-state index in [9.17, 15) is 0 Å². The number of hydrogen-bond donors (Lipinski definition) is 0. The molecule has 0 amide bonds. The Morgan fingerprint density at radius 2 is 2.14 bits per heavy atom. The average Bonchev–Trinajstić information content (AvgIpc) is 2.16. The Morgan fingerprint density at radius 3 is 2.86 bits per heavy atom. The second-order valence-electron chi connectivity index (χ2n) is 3.90. The summed E-state index contributed by atoms with van der Waals surface area (Å²) < 4.78 is 5.72. The highest BCUT2D eigenvalue weighted by atomic mass is 16.5. The van der Waals surface area contributed by atoms with Crippen molar-refractivity contribution >= 4 is 6.08 Å². The molecular formula is C12H11NO. The van der Waals surface area contributed by atoms with Gasteiger partial charge in [0.25, 0.3) is 0 Å². The van der Waals surface area contributed by atoms with E-state index in [4.69, 9.17) is 10.00 Å². The summed E-state index contributed by atoms with van der Waals surface area (Å²) in [4.78, 5) is 0. The van der Waals surface area contributed by atoms with Gasteiger partial charge in [0, 0.05) is 5.56 Å². The van der Waals surface area contributed by atoms with E-state index in [0.29, 0.717) is 5.56 Å². The fraction of sp³-hybridized carbons (Fsp3) is 0.250. The van der Waals surface area contributed by atoms with Crippen LogP contribution in [0.1, 0.15) is 25.0 Å². The van der Waals surface area contributed by atoms with Crippen LogP contribution in [0.4, 0.5) is 0 Å². The zero-order chi connectivity index (χ0) is 10.2. The molecule has 70 valence electrons. The van der Waals surface area contributed by atoms with Gasteiger partial charge in [-0.2, -0.15) is 5.26 Å². The van der Waals surface area contributed by atoms with E-state index in [-0.39, 0.29) is 5.60 Å². The molecule has 0 bridgehead atoms. The molecular weight excluding hydrogens is 174 g/mol. The van der Waals surface area contributed by atoms with Crippen molar-refractivity contribution in [1.82, 2.24) is 0 Å². The predicted octanol–water partition coefficient (Wildman–Crippen LogP) is 2.74. The standard InChI is InChI=1S/C12H11NO/c1-12(2)6-5-10-7-9(8-13)3-4-11(10)14-12/h3-7H,1-2H3. The molecule has 14 heavy (non-hydrogen) atoms. The van der Waals surface area contributed by atoms with Crippen LogP contribution >= 0.6 is 0 Å². The van der Waals surface area contributed by atoms with Crippen LogP contribution in [0.25, 0.3) is 6.08 Å². The highest BCUT2D eigenvalue weighted by Gasteiger charge is 2.21. The van der Waals surface area contributed by atoms with Crippen molar-refractivity contribution in [3.63, 3.8) is 0 Å². The van der Waals surface area contributed by atoms with Crippen molar-refractivity contribution in [2.45, 2.75) is 19.4 Å². The van der Waals surface area contributed by atoms with Gasteiger partial charge in [0.2, 0.25) is 0 Å². The summed E-state index contributed by atoms with van der Waals surface area (Å²) in [5.74, 6) is 0.844. The zero-order valence-electron chi connectivity index (χ0n) is 8.24. The molecule has 0 spiro atoms. The summed E-state index contributed by atoms with van der Waals surface area (Å²) in [6.45, 7) is 4.01. The van der Waals surface area contributed by atoms with Gasteiger partial charge in [-0.05, 0) is 38.1 Å². The number of rotatable bonds is 0. The second kappa shape index (κ2) is 2.88. The zero-order valence-corrected chi connectivity index (χ0v) is 8.24. The summed E-state index contributed by atoms with van der Waals surface area (Å²) in [5.41, 5.74) is 1.39. The first-order chi connectivity index (χ1) is 6.61. The normalized spacial score (nSPS) is 16.6. The van der Waals surface area contributed by atoms with E-state index in [0.717, 1.165) is 11.3 Å². The van der Waals surface area contributed by atoms with Crippen LogP contribution in [0, 0.1) is 11.3 Å². The molecule has 2 rings (SSSR count). The van der Waals surface area contributed by atoms with Crippen molar-refractivity contribution in [3.8, 4) is 11.8 Å². The number of hydrogen-bond acceptors (Lipinski definition) is 2. The minimum absolute atomic E-state index is 0.249. The molecule has 1 aliphatic rings. The van der Waals surface area contributed by atoms with E-state index >= 15 is 0 Å². The Kier molecular flexibility index (Phi) is 1.82. The lowest BCUT2D eigenvalue weighted by Crippen LogP contribution is -2.27. The molecule has 0 atom stereocenters. The monoisotopic (exact) mass is 185 g/mol. The van der Waals surface area contributed by atoms with Crippen LogP contribution in [0.2, 0.25) is 0 Å². The van der Waals surface area contributed by atoms with Gasteiger partial charge in [-0.3, -0.25) is 0 Å². The first-order valence-corrected chi connectivity index (χ1v) is 4.53. The highest BCUT2D eigenvalue weighted by Crippen LogP contribution is 2.30. The summed E-state index contributed by atoms with van der Waals surface area (Å²) in [7, 11) is 0. The SMILES string of the molecule is CC1(C)C=Cc2cc(C#N)ccc2O1. The molecule has 0 fully saturated rings. The summed E-state index contributed by atoms with van der Waals surface area (Å²) in [6.07, 6.45) is 4.00. The maximum Gasteiger partial charge on any atom is 0.127 e. The molecule has 0 radical (unpaired) electrons. The third-order valence-electron chi connectivity index (χ3n) is 2.18. The third kappa shape index (κ3) is 1.49. The van der Waals surface area contributed by atoms with Crippen molar-refractivity contribution < 1.29 is 4.74 Å². The lowest BCUT2D eigenvalue weighted by atomic mass is 10.0. The molecule has 2 heteroatoms. The molecule has 0 N–H and O–H groups in total. The fourth-order valence-electron chi connectivity index (χ4n) is 1.45. The van der Waals surface area contributed by atoms with Crippen LogP contribution in [-0.4, -0.2) is 5.60 Å². The molecule has 0 unspecified atom stereocenters. The maximum atomic E-state index is 8.73. The number of nitrogens with zero attached hydrogens (tertiary/aromatic N) is 1. The summed E-state index contributed by atoms with van der Waals surface area (Å²) >= 11 is 0. The van der Waals surface area contributed by atoms with E-state index in [1.165, 1.54) is 0 Å². The van der Waals surface area contributed by atoms with Gasteiger partial charge in [0.15, 0.2) is 0 Å². The molecule has 1 aromatic carbocycles. The number of fused-ring (bicyclic) bond motifs is 1. The average molecular weight is 185 g/mol. The summed E-state index contributed by atoms with van der Waals surface area (Å²) in [5, 5.41) is 8.73. The molecule has 0 saturated carbocycles. The van der Waals surface area contributed by atoms with Crippen LogP contribution in [0.5, 0.6) is 5.75 Å². The van der Waals surface area contributed by atoms with Crippen LogP contribution in [0.15, 0.2) is 24.3 Å². The molecule has 1 aromatic rings. The molecule has 1 heterocycles. The van der Waals surface area contributed by atoms with Gasteiger partial charge >= 0.3 is 0 Å². The molecule has 2 nitrogen and oxygen atoms in total. The Balaban J connectivity index is 2.47. The second-order valence-corrected chi connectivity index (χ2v) is 3.90. The van der Waals surface area contributed by atoms with Crippen LogP contribution < -0.4 is 4.74 Å². The third-order valence-corrected chi connectivity index (χ3v) is 2.18. The predicted molar refractivity (Wildman–Crippen MR) is 54.9 cm³/mol. The minimum Gasteiger partial charge on any atom is -0.483 e. The van der Waals surface area contributed by atoms with E-state index in [1.54, 1.807) is 6.07 Å². The van der Waals surface area contributed by atoms with E-state index in [1.807, 2.05) is 38.1 Å². The summed E-state index contributed by atoms with van der Waals surface area (Å²) in [6, 6.07) is 7.56. The number of benzene rings is 1. The van der Waals surface area contributed by atoms with Crippen molar-refractivity contribution in [3.05, 3.63) is 35.4 Å². The maximum absolute atomic E-state index is 8.73. The number of ether oxygens (including phenoxy) is 1. The van der Waals surface area contributed by atoms with Gasteiger partial charge in [-0.25, -0.2) is 0 Å². The lowest BCUT2D eigenvalue weighted by molar-refractivity contribution is 0.159. The van der Waals surface area contributed by atoms with Gasteiger partial charge < -0.3 is 4.74 Å². The number of nitriles is 1. The van der Waals surface area contributed by atoms with Crippen molar-refractivity contribution in [2.75, 3.05) is 0 Å². The Hall–Kier alpha value is -1.75.